The highest BCUT2D eigenvalue weighted by Crippen LogP contribution is 2.66. The zero-order valence-corrected chi connectivity index (χ0v) is 19.1. The Morgan fingerprint density at radius 3 is 2.76 bits per heavy atom. The van der Waals surface area contributed by atoms with Crippen LogP contribution in [-0.2, 0) is 4.74 Å². The number of amides is 1. The first kappa shape index (κ1) is 21.2. The van der Waals surface area contributed by atoms with E-state index in [1.54, 1.807) is 5.57 Å². The highest BCUT2D eigenvalue weighted by molar-refractivity contribution is 5.67. The molecule has 0 aromatic carbocycles. The summed E-state index contributed by atoms with van der Waals surface area (Å²) in [6, 6.07) is 0. The fourth-order valence-corrected chi connectivity index (χ4v) is 8.01. The molecule has 3 saturated carbocycles. The highest BCUT2D eigenvalue weighted by Gasteiger charge is 2.58. The van der Waals surface area contributed by atoms with E-state index < -0.39 is 0 Å². The molecule has 0 bridgehead atoms. The number of allylic oxidation sites excluding steroid dienone is 1. The number of rotatable bonds is 5. The molecule has 0 saturated heterocycles. The normalized spacial score (nSPS) is 43.6. The molecule has 0 aromatic heterocycles. The number of hydrogen-bond acceptors (Lipinski definition) is 3. The molecule has 4 rings (SSSR count). The van der Waals surface area contributed by atoms with E-state index in [9.17, 15) is 4.79 Å². The lowest BCUT2D eigenvalue weighted by Crippen LogP contribution is -2.50. The molecule has 164 valence electrons. The van der Waals surface area contributed by atoms with Crippen LogP contribution in [0.25, 0.3) is 0 Å². The van der Waals surface area contributed by atoms with E-state index in [1.807, 2.05) is 7.05 Å². The Hall–Kier alpha value is -1.03. The Balaban J connectivity index is 1.46. The fraction of sp³-hybridized carbons (Fsp3) is 0.880. The maximum atomic E-state index is 12.0. The number of fused-ring (bicyclic) bond motifs is 5. The van der Waals surface area contributed by atoms with Gasteiger partial charge in [-0.05, 0) is 86.5 Å². The van der Waals surface area contributed by atoms with Crippen LogP contribution in [0.5, 0.6) is 0 Å². The Labute approximate surface area is 177 Å². The molecule has 7 atom stereocenters. The van der Waals surface area contributed by atoms with Crippen molar-refractivity contribution < 1.29 is 9.53 Å². The van der Waals surface area contributed by atoms with Crippen LogP contribution in [0.3, 0.4) is 0 Å². The molecule has 0 aliphatic heterocycles. The third-order valence-electron chi connectivity index (χ3n) is 9.58. The second-order valence-electron chi connectivity index (χ2n) is 10.8. The van der Waals surface area contributed by atoms with E-state index in [2.05, 4.69) is 37.5 Å². The SMILES string of the molecule is CCCC1CCC2C3CC=C4CC(OC(=O)NCNC)CCC4(C)C3CCC12C. The van der Waals surface area contributed by atoms with Crippen molar-refractivity contribution in [2.45, 2.75) is 91.1 Å². The van der Waals surface area contributed by atoms with Gasteiger partial charge in [0.25, 0.3) is 0 Å². The van der Waals surface area contributed by atoms with Gasteiger partial charge in [0.15, 0.2) is 0 Å². The molecule has 0 aromatic rings. The summed E-state index contributed by atoms with van der Waals surface area (Å²) in [6.07, 6.45) is 15.2. The second kappa shape index (κ2) is 8.24. The Morgan fingerprint density at radius 2 is 2.00 bits per heavy atom. The molecule has 29 heavy (non-hydrogen) atoms. The van der Waals surface area contributed by atoms with Gasteiger partial charge in [-0.15, -0.1) is 0 Å². The molecule has 4 aliphatic rings. The van der Waals surface area contributed by atoms with Crippen molar-refractivity contribution >= 4 is 6.09 Å². The van der Waals surface area contributed by atoms with E-state index in [0.717, 1.165) is 36.5 Å². The zero-order chi connectivity index (χ0) is 20.6. The molecule has 3 fully saturated rings. The van der Waals surface area contributed by atoms with Crippen LogP contribution in [0.4, 0.5) is 4.79 Å². The summed E-state index contributed by atoms with van der Waals surface area (Å²) < 4.78 is 5.72. The van der Waals surface area contributed by atoms with Gasteiger partial charge in [0.2, 0.25) is 0 Å². The van der Waals surface area contributed by atoms with Gasteiger partial charge in [-0.3, -0.25) is 0 Å². The summed E-state index contributed by atoms with van der Waals surface area (Å²) in [5.41, 5.74) is 2.50. The number of alkyl carbamates (subject to hydrolysis) is 1. The maximum Gasteiger partial charge on any atom is 0.408 e. The summed E-state index contributed by atoms with van der Waals surface area (Å²) >= 11 is 0. The summed E-state index contributed by atoms with van der Waals surface area (Å²) in [6.45, 7) is 7.98. The molecule has 1 amide bonds. The first-order valence-electron chi connectivity index (χ1n) is 12.2. The molecular formula is C25H42N2O2. The summed E-state index contributed by atoms with van der Waals surface area (Å²) in [4.78, 5) is 12.0. The van der Waals surface area contributed by atoms with Gasteiger partial charge in [0.05, 0.1) is 6.67 Å². The number of ether oxygens (including phenoxy) is 1. The van der Waals surface area contributed by atoms with Crippen LogP contribution in [0.1, 0.15) is 85.0 Å². The Morgan fingerprint density at radius 1 is 1.17 bits per heavy atom. The predicted molar refractivity (Wildman–Crippen MR) is 117 cm³/mol. The van der Waals surface area contributed by atoms with E-state index in [4.69, 9.17) is 4.74 Å². The minimum Gasteiger partial charge on any atom is -0.446 e. The first-order chi connectivity index (χ1) is 13.9. The topological polar surface area (TPSA) is 50.4 Å². The van der Waals surface area contributed by atoms with Crippen LogP contribution < -0.4 is 10.6 Å². The highest BCUT2D eigenvalue weighted by atomic mass is 16.6. The van der Waals surface area contributed by atoms with E-state index in [-0.39, 0.29) is 12.2 Å². The molecule has 0 heterocycles. The van der Waals surface area contributed by atoms with Crippen molar-refractivity contribution in [3.8, 4) is 0 Å². The molecule has 2 N–H and O–H groups in total. The van der Waals surface area contributed by atoms with Gasteiger partial charge < -0.3 is 15.4 Å². The van der Waals surface area contributed by atoms with Gasteiger partial charge in [0.1, 0.15) is 6.10 Å². The van der Waals surface area contributed by atoms with Crippen molar-refractivity contribution in [3.05, 3.63) is 11.6 Å². The Kier molecular flexibility index (Phi) is 6.03. The van der Waals surface area contributed by atoms with Crippen LogP contribution in [0.2, 0.25) is 0 Å². The monoisotopic (exact) mass is 402 g/mol. The molecule has 7 unspecified atom stereocenters. The number of hydrogen-bond donors (Lipinski definition) is 2. The van der Waals surface area contributed by atoms with Crippen LogP contribution in [0.15, 0.2) is 11.6 Å². The summed E-state index contributed by atoms with van der Waals surface area (Å²) in [7, 11) is 1.82. The molecular weight excluding hydrogens is 360 g/mol. The lowest BCUT2D eigenvalue weighted by atomic mass is 9.47. The molecule has 0 spiro atoms. The van der Waals surface area contributed by atoms with Crippen LogP contribution >= 0.6 is 0 Å². The van der Waals surface area contributed by atoms with Crippen LogP contribution in [-0.4, -0.2) is 25.9 Å². The second-order valence-corrected chi connectivity index (χ2v) is 10.8. The minimum absolute atomic E-state index is 0.0389. The maximum absolute atomic E-state index is 12.0. The van der Waals surface area contributed by atoms with E-state index in [0.29, 0.717) is 17.5 Å². The average molecular weight is 403 g/mol. The largest absolute Gasteiger partial charge is 0.446 e. The van der Waals surface area contributed by atoms with Crippen molar-refractivity contribution in [1.29, 1.82) is 0 Å². The molecule has 4 aliphatic carbocycles. The van der Waals surface area contributed by atoms with Crippen molar-refractivity contribution in [2.75, 3.05) is 13.7 Å². The number of carbonyl (C=O) groups is 1. The van der Waals surface area contributed by atoms with Gasteiger partial charge in [0, 0.05) is 6.42 Å². The van der Waals surface area contributed by atoms with Crippen molar-refractivity contribution in [2.24, 2.45) is 34.5 Å². The minimum atomic E-state index is -0.288. The van der Waals surface area contributed by atoms with Crippen LogP contribution in [0, 0.1) is 34.5 Å². The average Bonchev–Trinajstić information content (AvgIpc) is 3.03. The quantitative estimate of drug-likeness (QED) is 0.462. The number of nitrogens with one attached hydrogen (secondary N) is 2. The predicted octanol–water partition coefficient (Wildman–Crippen LogP) is 5.64. The Bertz CT molecular complexity index is 647. The fourth-order valence-electron chi connectivity index (χ4n) is 8.01. The van der Waals surface area contributed by atoms with Gasteiger partial charge in [-0.25, -0.2) is 4.79 Å². The first-order valence-corrected chi connectivity index (χ1v) is 12.2. The van der Waals surface area contributed by atoms with Gasteiger partial charge >= 0.3 is 6.09 Å². The van der Waals surface area contributed by atoms with Crippen molar-refractivity contribution in [3.63, 3.8) is 0 Å². The molecule has 4 nitrogen and oxygen atoms in total. The van der Waals surface area contributed by atoms with Crippen molar-refractivity contribution in [1.82, 2.24) is 10.6 Å². The third-order valence-corrected chi connectivity index (χ3v) is 9.58. The molecule has 4 heteroatoms. The smallest absolute Gasteiger partial charge is 0.408 e. The van der Waals surface area contributed by atoms with E-state index in [1.165, 1.54) is 51.4 Å². The van der Waals surface area contributed by atoms with Gasteiger partial charge in [-0.2, -0.15) is 0 Å². The van der Waals surface area contributed by atoms with E-state index >= 15 is 0 Å². The summed E-state index contributed by atoms with van der Waals surface area (Å²) in [5.74, 6) is 3.59. The standard InChI is InChI=1S/C25H42N2O2/c1-5-6-17-8-10-21-20-9-7-18-15-19(29-23(28)27-16-26-4)11-13-25(18,3)22(20)12-14-24(17,21)2/h7,17,19-22,26H,5-6,8-16H2,1-4H3,(H,27,28). The molecule has 0 radical (unpaired) electrons. The zero-order valence-electron chi connectivity index (χ0n) is 19.1. The number of carbonyl (C=O) groups excluding carboxylic acids is 1. The lowest BCUT2D eigenvalue weighted by molar-refractivity contribution is -0.0517. The third kappa shape index (κ3) is 3.64. The lowest BCUT2D eigenvalue weighted by Gasteiger charge is -2.58. The van der Waals surface area contributed by atoms with Gasteiger partial charge in [-0.1, -0.05) is 45.3 Å². The summed E-state index contributed by atoms with van der Waals surface area (Å²) in [5, 5.41) is 5.69.